The molecule has 1 fully saturated rings. The van der Waals surface area contributed by atoms with E-state index in [9.17, 15) is 9.90 Å². The summed E-state index contributed by atoms with van der Waals surface area (Å²) in [5.74, 6) is 1.91. The predicted octanol–water partition coefficient (Wildman–Crippen LogP) is 4.75. The molecule has 7 nitrogen and oxygen atoms in total. The summed E-state index contributed by atoms with van der Waals surface area (Å²) in [7, 11) is 3.17. The molecule has 2 heterocycles. The number of carbonyl (C=O) groups is 1. The van der Waals surface area contributed by atoms with Crippen molar-refractivity contribution in [1.82, 2.24) is 9.88 Å². The summed E-state index contributed by atoms with van der Waals surface area (Å²) in [4.78, 5) is 19.1. The highest BCUT2D eigenvalue weighted by Crippen LogP contribution is 2.52. The van der Waals surface area contributed by atoms with E-state index in [-0.39, 0.29) is 5.41 Å². The van der Waals surface area contributed by atoms with E-state index < -0.39 is 11.6 Å². The highest BCUT2D eigenvalue weighted by atomic mass is 32.1. The van der Waals surface area contributed by atoms with E-state index in [1.807, 2.05) is 6.07 Å². The number of rotatable bonds is 6. The summed E-state index contributed by atoms with van der Waals surface area (Å²) in [5.41, 5.74) is -0.897. The van der Waals surface area contributed by atoms with Gasteiger partial charge in [0, 0.05) is 18.8 Å². The number of nitrogens with zero attached hydrogens (tertiary/aromatic N) is 2. The number of ether oxygens (including phenoxy) is 3. The highest BCUT2D eigenvalue weighted by Gasteiger charge is 2.55. The van der Waals surface area contributed by atoms with Crippen molar-refractivity contribution >= 4 is 17.4 Å². The van der Waals surface area contributed by atoms with E-state index in [1.165, 1.54) is 11.3 Å². The van der Waals surface area contributed by atoms with Gasteiger partial charge in [-0.05, 0) is 30.4 Å². The van der Waals surface area contributed by atoms with Crippen LogP contribution in [-0.4, -0.2) is 41.8 Å². The minimum atomic E-state index is -0.893. The van der Waals surface area contributed by atoms with E-state index in [0.717, 1.165) is 22.7 Å². The molecule has 0 radical (unpaired) electrons. The molecule has 1 saturated heterocycles. The lowest BCUT2D eigenvalue weighted by Gasteiger charge is -2.45. The first-order valence-electron chi connectivity index (χ1n) is 9.53. The van der Waals surface area contributed by atoms with Crippen molar-refractivity contribution in [2.24, 2.45) is 5.41 Å². The Kier molecular flexibility index (Phi) is 5.93. The highest BCUT2D eigenvalue weighted by molar-refractivity contribution is 7.11. The van der Waals surface area contributed by atoms with Crippen LogP contribution in [0, 0.1) is 5.41 Å². The number of hydrogen-bond donors (Lipinski definition) is 1. The molecule has 0 unspecified atom stereocenters. The molecule has 0 bridgehead atoms. The summed E-state index contributed by atoms with van der Waals surface area (Å²) < 4.78 is 16.5. The van der Waals surface area contributed by atoms with Crippen LogP contribution in [0.2, 0.25) is 0 Å². The van der Waals surface area contributed by atoms with Gasteiger partial charge in [-0.15, -0.1) is 11.3 Å². The first-order valence-corrected chi connectivity index (χ1v) is 10.3. The van der Waals surface area contributed by atoms with Crippen LogP contribution in [0.15, 0.2) is 24.4 Å². The molecular weight excluding hydrogens is 392 g/mol. The molecule has 158 valence electrons. The number of aromatic nitrogens is 1. The van der Waals surface area contributed by atoms with Gasteiger partial charge in [0.05, 0.1) is 19.1 Å². The maximum Gasteiger partial charge on any atom is 0.408 e. The van der Waals surface area contributed by atoms with Gasteiger partial charge in [0.25, 0.3) is 0 Å². The average Bonchev–Trinajstić information content (AvgIpc) is 3.33. The topological polar surface area (TPSA) is 81.1 Å². The number of benzene rings is 1. The molecule has 1 aliphatic rings. The number of likely N-dealkylation sites (tertiary alicyclic amines) is 1. The van der Waals surface area contributed by atoms with E-state index in [1.54, 1.807) is 37.4 Å². The van der Waals surface area contributed by atoms with Crippen LogP contribution in [0.3, 0.4) is 0 Å². The zero-order valence-electron chi connectivity index (χ0n) is 17.5. The molecule has 3 rings (SSSR count). The normalized spacial score (nSPS) is 19.3. The Morgan fingerprint density at radius 3 is 2.62 bits per heavy atom. The monoisotopic (exact) mass is 420 g/mol. The number of methoxy groups -OCH3 is 2. The molecule has 29 heavy (non-hydrogen) atoms. The molecule has 2 aromatic rings. The Morgan fingerprint density at radius 2 is 2.00 bits per heavy atom. The smallest absolute Gasteiger partial charge is 0.408 e. The van der Waals surface area contributed by atoms with Gasteiger partial charge in [0.2, 0.25) is 0 Å². The van der Waals surface area contributed by atoms with Crippen LogP contribution >= 0.6 is 11.3 Å². The average molecular weight is 421 g/mol. The number of hydrogen-bond acceptors (Lipinski definition) is 6. The fourth-order valence-electron chi connectivity index (χ4n) is 4.03. The lowest BCUT2D eigenvalue weighted by atomic mass is 9.72. The maximum absolute atomic E-state index is 11.9. The second-order valence-electron chi connectivity index (χ2n) is 8.09. The van der Waals surface area contributed by atoms with Crippen LogP contribution < -0.4 is 14.2 Å². The summed E-state index contributed by atoms with van der Waals surface area (Å²) in [6.07, 6.45) is 2.50. The van der Waals surface area contributed by atoms with Gasteiger partial charge in [0.1, 0.15) is 22.9 Å². The van der Waals surface area contributed by atoms with E-state index in [0.29, 0.717) is 30.4 Å². The zero-order valence-corrected chi connectivity index (χ0v) is 18.3. The van der Waals surface area contributed by atoms with Crippen molar-refractivity contribution in [3.8, 4) is 17.2 Å². The minimum Gasteiger partial charge on any atom is -0.493 e. The molecule has 1 N–H and O–H groups in total. The Morgan fingerprint density at radius 1 is 1.28 bits per heavy atom. The third-order valence-electron chi connectivity index (χ3n) is 5.50. The fourth-order valence-corrected chi connectivity index (χ4v) is 5.29. The van der Waals surface area contributed by atoms with Crippen molar-refractivity contribution in [2.75, 3.05) is 20.8 Å². The number of carboxylic acid groups (broad SMARTS) is 1. The standard InChI is InChI=1S/C21H28N2O5S/c1-20(2,3)21(9-6-10-23(21)19(24)25)18-22-12-15(29-18)13-28-14-7-8-16(26-4)17(11-14)27-5/h7-8,11-12H,6,9-10,13H2,1-5H3,(H,24,25)/t21-/m1/s1. The molecular formula is C21H28N2O5S. The quantitative estimate of drug-likeness (QED) is 0.726. The molecule has 1 aromatic heterocycles. The van der Waals surface area contributed by atoms with Crippen LogP contribution in [-0.2, 0) is 12.1 Å². The Balaban J connectivity index is 1.82. The zero-order chi connectivity index (χ0) is 21.2. The molecule has 0 saturated carbocycles. The lowest BCUT2D eigenvalue weighted by molar-refractivity contribution is 0.0275. The molecule has 0 spiro atoms. The Hall–Kier alpha value is -2.48. The van der Waals surface area contributed by atoms with Crippen molar-refractivity contribution in [3.63, 3.8) is 0 Å². The van der Waals surface area contributed by atoms with Crippen molar-refractivity contribution < 1.29 is 24.1 Å². The molecule has 1 aromatic carbocycles. The molecule has 8 heteroatoms. The molecule has 0 aliphatic carbocycles. The van der Waals surface area contributed by atoms with Gasteiger partial charge in [-0.1, -0.05) is 20.8 Å². The summed E-state index contributed by atoms with van der Waals surface area (Å²) >= 11 is 1.52. The van der Waals surface area contributed by atoms with Gasteiger partial charge in [-0.25, -0.2) is 9.78 Å². The second-order valence-corrected chi connectivity index (χ2v) is 9.20. The van der Waals surface area contributed by atoms with Crippen LogP contribution in [0.4, 0.5) is 4.79 Å². The SMILES string of the molecule is COc1ccc(OCc2cnc([C@@]3(C(C)(C)C)CCCN3C(=O)O)s2)cc1OC. The van der Waals surface area contributed by atoms with E-state index in [2.05, 4.69) is 25.8 Å². The minimum absolute atomic E-state index is 0.277. The van der Waals surface area contributed by atoms with Crippen LogP contribution in [0.5, 0.6) is 17.2 Å². The summed E-state index contributed by atoms with van der Waals surface area (Å²) in [6, 6.07) is 5.40. The van der Waals surface area contributed by atoms with E-state index in [4.69, 9.17) is 14.2 Å². The Labute approximate surface area is 175 Å². The first-order chi connectivity index (χ1) is 13.7. The molecule has 1 atom stereocenters. The van der Waals surface area contributed by atoms with Gasteiger partial charge < -0.3 is 19.3 Å². The van der Waals surface area contributed by atoms with Gasteiger partial charge in [0.15, 0.2) is 11.5 Å². The first kappa shape index (κ1) is 21.2. The largest absolute Gasteiger partial charge is 0.493 e. The Bertz CT molecular complexity index is 876. The summed E-state index contributed by atoms with van der Waals surface area (Å²) in [6.45, 7) is 7.12. The number of thiazole rings is 1. The van der Waals surface area contributed by atoms with Gasteiger partial charge >= 0.3 is 6.09 Å². The van der Waals surface area contributed by atoms with Gasteiger partial charge in [-0.2, -0.15) is 0 Å². The third kappa shape index (κ3) is 3.85. The lowest BCUT2D eigenvalue weighted by Crippen LogP contribution is -2.52. The fraction of sp³-hybridized carbons (Fsp3) is 0.524. The predicted molar refractivity (Wildman–Crippen MR) is 111 cm³/mol. The van der Waals surface area contributed by atoms with Crippen molar-refractivity contribution in [2.45, 2.75) is 45.8 Å². The summed E-state index contributed by atoms with van der Waals surface area (Å²) in [5, 5.41) is 10.6. The van der Waals surface area contributed by atoms with Crippen molar-refractivity contribution in [1.29, 1.82) is 0 Å². The van der Waals surface area contributed by atoms with E-state index >= 15 is 0 Å². The van der Waals surface area contributed by atoms with Crippen LogP contribution in [0.1, 0.15) is 43.5 Å². The second kappa shape index (κ2) is 8.10. The molecule has 1 aliphatic heterocycles. The van der Waals surface area contributed by atoms with Gasteiger partial charge in [-0.3, -0.25) is 4.90 Å². The number of amides is 1. The third-order valence-corrected chi connectivity index (χ3v) is 6.62. The molecule has 1 amide bonds. The maximum atomic E-state index is 11.9. The van der Waals surface area contributed by atoms with Crippen LogP contribution in [0.25, 0.3) is 0 Å². The van der Waals surface area contributed by atoms with Crippen molar-refractivity contribution in [3.05, 3.63) is 34.3 Å².